The number of nitrogens with zero attached hydrogens (tertiary/aromatic N) is 1. The first-order valence-electron chi connectivity index (χ1n) is 4.85. The SMILES string of the molecule is Fc1ccc(-c2nc3c[c]ccc3o2)cc1. The van der Waals surface area contributed by atoms with Gasteiger partial charge in [-0.3, -0.25) is 0 Å². The Morgan fingerprint density at radius 1 is 1.12 bits per heavy atom. The van der Waals surface area contributed by atoms with Crippen molar-refractivity contribution in [3.8, 4) is 11.5 Å². The second-order valence-electron chi connectivity index (χ2n) is 3.42. The molecule has 0 bridgehead atoms. The molecule has 0 spiro atoms. The van der Waals surface area contributed by atoms with Gasteiger partial charge in [-0.15, -0.1) is 0 Å². The van der Waals surface area contributed by atoms with Crippen molar-refractivity contribution < 1.29 is 8.81 Å². The van der Waals surface area contributed by atoms with Crippen LogP contribution in [0.15, 0.2) is 46.9 Å². The molecule has 0 N–H and O–H groups in total. The molecule has 0 saturated heterocycles. The van der Waals surface area contributed by atoms with Gasteiger partial charge in [0.25, 0.3) is 0 Å². The summed E-state index contributed by atoms with van der Waals surface area (Å²) in [5.41, 5.74) is 2.22. The Balaban J connectivity index is 2.15. The van der Waals surface area contributed by atoms with Crippen molar-refractivity contribution in [1.29, 1.82) is 0 Å². The molecular weight excluding hydrogens is 205 g/mol. The Labute approximate surface area is 91.3 Å². The first-order valence-corrected chi connectivity index (χ1v) is 4.85. The van der Waals surface area contributed by atoms with Crippen LogP contribution in [0.1, 0.15) is 0 Å². The van der Waals surface area contributed by atoms with Crippen molar-refractivity contribution in [2.45, 2.75) is 0 Å². The van der Waals surface area contributed by atoms with Crippen molar-refractivity contribution in [3.05, 3.63) is 54.3 Å². The summed E-state index contributed by atoms with van der Waals surface area (Å²) < 4.78 is 18.3. The minimum absolute atomic E-state index is 0.270. The highest BCUT2D eigenvalue weighted by Crippen LogP contribution is 2.23. The molecule has 0 aliphatic carbocycles. The fraction of sp³-hybridized carbons (Fsp3) is 0. The number of hydrogen-bond donors (Lipinski definition) is 0. The molecule has 0 atom stereocenters. The van der Waals surface area contributed by atoms with E-state index in [1.54, 1.807) is 30.3 Å². The van der Waals surface area contributed by atoms with Crippen molar-refractivity contribution >= 4 is 11.1 Å². The maximum absolute atomic E-state index is 12.8. The predicted molar refractivity (Wildman–Crippen MR) is 58.2 cm³/mol. The second-order valence-corrected chi connectivity index (χ2v) is 3.42. The van der Waals surface area contributed by atoms with Crippen molar-refractivity contribution in [1.82, 2.24) is 4.98 Å². The largest absolute Gasteiger partial charge is 0.436 e. The Morgan fingerprint density at radius 2 is 1.94 bits per heavy atom. The molecule has 2 aromatic carbocycles. The number of benzene rings is 2. The molecule has 2 nitrogen and oxygen atoms in total. The standard InChI is InChI=1S/C13H7FNO/c14-10-7-5-9(6-8-10)13-15-11-3-1-2-4-12(11)16-13/h2-8H. The lowest BCUT2D eigenvalue weighted by Gasteiger charge is -1.93. The van der Waals surface area contributed by atoms with Gasteiger partial charge in [0.2, 0.25) is 5.89 Å². The van der Waals surface area contributed by atoms with Gasteiger partial charge in [0.05, 0.1) is 0 Å². The fourth-order valence-corrected chi connectivity index (χ4v) is 1.53. The zero-order chi connectivity index (χ0) is 11.0. The lowest BCUT2D eigenvalue weighted by atomic mass is 10.2. The van der Waals surface area contributed by atoms with Gasteiger partial charge in [-0.1, -0.05) is 6.07 Å². The smallest absolute Gasteiger partial charge is 0.227 e. The molecule has 0 aliphatic heterocycles. The first-order chi connectivity index (χ1) is 7.83. The summed E-state index contributed by atoms with van der Waals surface area (Å²) in [7, 11) is 0. The minimum Gasteiger partial charge on any atom is -0.436 e. The van der Waals surface area contributed by atoms with E-state index in [1.807, 2.05) is 0 Å². The van der Waals surface area contributed by atoms with E-state index >= 15 is 0 Å². The van der Waals surface area contributed by atoms with Crippen LogP contribution in [0.5, 0.6) is 0 Å². The predicted octanol–water partition coefficient (Wildman–Crippen LogP) is 3.43. The maximum Gasteiger partial charge on any atom is 0.227 e. The maximum atomic E-state index is 12.8. The molecule has 3 heteroatoms. The Bertz CT molecular complexity index is 595. The number of fused-ring (bicyclic) bond motifs is 1. The van der Waals surface area contributed by atoms with Crippen LogP contribution in [0.4, 0.5) is 4.39 Å². The molecule has 0 aliphatic rings. The van der Waals surface area contributed by atoms with Crippen LogP contribution >= 0.6 is 0 Å². The number of oxazole rings is 1. The van der Waals surface area contributed by atoms with Crippen molar-refractivity contribution in [2.75, 3.05) is 0 Å². The van der Waals surface area contributed by atoms with Gasteiger partial charge < -0.3 is 4.42 Å². The average Bonchev–Trinajstić information content (AvgIpc) is 2.73. The third-order valence-electron chi connectivity index (χ3n) is 2.32. The summed E-state index contributed by atoms with van der Waals surface area (Å²) in [5.74, 6) is 0.225. The molecule has 3 rings (SSSR count). The first kappa shape index (κ1) is 9.09. The third kappa shape index (κ3) is 1.46. The van der Waals surface area contributed by atoms with Crippen LogP contribution in [0, 0.1) is 11.9 Å². The Morgan fingerprint density at radius 3 is 2.69 bits per heavy atom. The molecule has 1 aromatic heterocycles. The molecule has 0 fully saturated rings. The summed E-state index contributed by atoms with van der Waals surface area (Å²) in [6.45, 7) is 0. The van der Waals surface area contributed by atoms with Crippen LogP contribution in [0.25, 0.3) is 22.6 Å². The summed E-state index contributed by atoms with van der Waals surface area (Å²) >= 11 is 0. The Kier molecular flexibility index (Phi) is 1.96. The molecule has 1 heterocycles. The quantitative estimate of drug-likeness (QED) is 0.617. The normalized spacial score (nSPS) is 10.8. The van der Waals surface area contributed by atoms with Crippen LogP contribution in [-0.4, -0.2) is 4.98 Å². The molecule has 0 saturated carbocycles. The summed E-state index contributed by atoms with van der Waals surface area (Å²) in [6.07, 6.45) is 0. The second kappa shape index (κ2) is 3.45. The Hall–Kier alpha value is -2.16. The molecule has 0 unspecified atom stereocenters. The van der Waals surface area contributed by atoms with Crippen LogP contribution in [0.2, 0.25) is 0 Å². The highest BCUT2D eigenvalue weighted by atomic mass is 19.1. The van der Waals surface area contributed by atoms with Crippen molar-refractivity contribution in [3.63, 3.8) is 0 Å². The van der Waals surface area contributed by atoms with Crippen LogP contribution in [-0.2, 0) is 0 Å². The van der Waals surface area contributed by atoms with Gasteiger partial charge in [0.1, 0.15) is 11.3 Å². The summed E-state index contributed by atoms with van der Waals surface area (Å²) in [5, 5.41) is 0. The van der Waals surface area contributed by atoms with Gasteiger partial charge in [0.15, 0.2) is 5.58 Å². The number of hydrogen-bond acceptors (Lipinski definition) is 2. The zero-order valence-electron chi connectivity index (χ0n) is 8.27. The third-order valence-corrected chi connectivity index (χ3v) is 2.32. The monoisotopic (exact) mass is 212 g/mol. The van der Waals surface area contributed by atoms with Gasteiger partial charge >= 0.3 is 0 Å². The number of aromatic nitrogens is 1. The molecular formula is C13H7FNO. The van der Waals surface area contributed by atoms with E-state index in [4.69, 9.17) is 4.42 Å². The van der Waals surface area contributed by atoms with E-state index in [0.717, 1.165) is 11.1 Å². The van der Waals surface area contributed by atoms with Gasteiger partial charge in [-0.05, 0) is 42.5 Å². The van der Waals surface area contributed by atoms with E-state index in [-0.39, 0.29) is 5.82 Å². The fourth-order valence-electron chi connectivity index (χ4n) is 1.53. The topological polar surface area (TPSA) is 26.0 Å². The zero-order valence-corrected chi connectivity index (χ0v) is 8.27. The van der Waals surface area contributed by atoms with E-state index in [9.17, 15) is 4.39 Å². The highest BCUT2D eigenvalue weighted by molar-refractivity contribution is 5.75. The lowest BCUT2D eigenvalue weighted by Crippen LogP contribution is -1.77. The van der Waals surface area contributed by atoms with E-state index in [1.165, 1.54) is 12.1 Å². The summed E-state index contributed by atoms with van der Waals surface area (Å²) in [6, 6.07) is 14.3. The molecule has 77 valence electrons. The van der Waals surface area contributed by atoms with Crippen LogP contribution in [0.3, 0.4) is 0 Å². The van der Waals surface area contributed by atoms with E-state index in [0.29, 0.717) is 11.5 Å². The van der Waals surface area contributed by atoms with Gasteiger partial charge in [-0.25, -0.2) is 9.37 Å². The van der Waals surface area contributed by atoms with Crippen molar-refractivity contribution in [2.24, 2.45) is 0 Å². The van der Waals surface area contributed by atoms with Gasteiger partial charge in [-0.2, -0.15) is 0 Å². The molecule has 16 heavy (non-hydrogen) atoms. The lowest BCUT2D eigenvalue weighted by molar-refractivity contribution is 0.616. The minimum atomic E-state index is -0.270. The molecule has 0 amide bonds. The van der Waals surface area contributed by atoms with Gasteiger partial charge in [0, 0.05) is 5.56 Å². The summed E-state index contributed by atoms with van der Waals surface area (Å²) in [4.78, 5) is 4.29. The number of halogens is 1. The highest BCUT2D eigenvalue weighted by Gasteiger charge is 2.07. The molecule has 1 radical (unpaired) electrons. The van der Waals surface area contributed by atoms with E-state index in [2.05, 4.69) is 11.1 Å². The molecule has 3 aromatic rings. The number of rotatable bonds is 1. The average molecular weight is 212 g/mol. The van der Waals surface area contributed by atoms with E-state index < -0.39 is 0 Å². The van der Waals surface area contributed by atoms with Crippen LogP contribution < -0.4 is 0 Å².